The van der Waals surface area contributed by atoms with Crippen molar-refractivity contribution in [2.24, 2.45) is 5.92 Å². The monoisotopic (exact) mass is 229 g/mol. The zero-order valence-corrected chi connectivity index (χ0v) is 9.73. The van der Waals surface area contributed by atoms with Crippen LogP contribution in [-0.4, -0.2) is 16.3 Å². The molecule has 2 heterocycles. The Kier molecular flexibility index (Phi) is 2.28. The smallest absolute Gasteiger partial charge is 0.276 e. The van der Waals surface area contributed by atoms with Gasteiger partial charge in [-0.2, -0.15) is 0 Å². The molecule has 1 aromatic heterocycles. The average molecular weight is 229 g/mol. The Hall–Kier alpha value is -1.97. The first-order valence-corrected chi connectivity index (χ1v) is 5.89. The van der Waals surface area contributed by atoms with Crippen molar-refractivity contribution in [2.75, 3.05) is 11.9 Å². The minimum atomic E-state index is 0.0604. The molecule has 0 spiro atoms. The third kappa shape index (κ3) is 1.65. The normalized spacial score (nSPS) is 18.5. The summed E-state index contributed by atoms with van der Waals surface area (Å²) in [6, 6.07) is 9.65. The number of aromatic amines is 1. The average Bonchev–Trinajstić information content (AvgIpc) is 2.68. The van der Waals surface area contributed by atoms with E-state index in [0.29, 0.717) is 5.92 Å². The predicted octanol–water partition coefficient (Wildman–Crippen LogP) is 1.77. The van der Waals surface area contributed by atoms with Crippen LogP contribution in [0.5, 0.6) is 0 Å². The van der Waals surface area contributed by atoms with Crippen LogP contribution in [0.25, 0.3) is 5.69 Å². The summed E-state index contributed by atoms with van der Waals surface area (Å²) >= 11 is 0. The van der Waals surface area contributed by atoms with Crippen LogP contribution in [-0.2, 0) is 6.42 Å². The number of fused-ring (bicyclic) bond motifs is 1. The molecule has 1 aliphatic rings. The maximum absolute atomic E-state index is 12.3. The first-order valence-electron chi connectivity index (χ1n) is 5.89. The van der Waals surface area contributed by atoms with E-state index < -0.39 is 0 Å². The van der Waals surface area contributed by atoms with Gasteiger partial charge in [-0.25, -0.2) is 4.68 Å². The summed E-state index contributed by atoms with van der Waals surface area (Å²) < 4.78 is 1.61. The molecule has 2 N–H and O–H groups in total. The van der Waals surface area contributed by atoms with Crippen LogP contribution < -0.4 is 10.9 Å². The molecule has 1 aromatic carbocycles. The molecule has 0 fully saturated rings. The van der Waals surface area contributed by atoms with Gasteiger partial charge >= 0.3 is 0 Å². The molecule has 0 saturated carbocycles. The highest BCUT2D eigenvalue weighted by Crippen LogP contribution is 2.20. The van der Waals surface area contributed by atoms with Gasteiger partial charge in [-0.15, -0.1) is 0 Å². The van der Waals surface area contributed by atoms with Crippen LogP contribution >= 0.6 is 0 Å². The highest BCUT2D eigenvalue weighted by atomic mass is 16.1. The first-order chi connectivity index (χ1) is 8.25. The molecule has 0 amide bonds. The molecule has 88 valence electrons. The molecule has 4 nitrogen and oxygen atoms in total. The van der Waals surface area contributed by atoms with Crippen LogP contribution in [0.1, 0.15) is 12.5 Å². The molecular formula is C13H15N3O. The fourth-order valence-corrected chi connectivity index (χ4v) is 2.26. The van der Waals surface area contributed by atoms with Gasteiger partial charge in [-0.1, -0.05) is 25.1 Å². The molecule has 0 aliphatic carbocycles. The van der Waals surface area contributed by atoms with E-state index in [-0.39, 0.29) is 5.56 Å². The van der Waals surface area contributed by atoms with Crippen molar-refractivity contribution < 1.29 is 0 Å². The summed E-state index contributed by atoms with van der Waals surface area (Å²) in [5.41, 5.74) is 1.80. The van der Waals surface area contributed by atoms with Crippen LogP contribution in [0.2, 0.25) is 0 Å². The fourth-order valence-electron chi connectivity index (χ4n) is 2.26. The summed E-state index contributed by atoms with van der Waals surface area (Å²) in [4.78, 5) is 12.3. The predicted molar refractivity (Wildman–Crippen MR) is 67.7 cm³/mol. The van der Waals surface area contributed by atoms with E-state index >= 15 is 0 Å². The Balaban J connectivity index is 2.12. The van der Waals surface area contributed by atoms with Crippen LogP contribution in [0.4, 0.5) is 5.82 Å². The Labute approximate surface area is 99.3 Å². The summed E-state index contributed by atoms with van der Waals surface area (Å²) in [6.07, 6.45) is 0.845. The van der Waals surface area contributed by atoms with Gasteiger partial charge in [0, 0.05) is 6.54 Å². The molecule has 0 saturated heterocycles. The molecule has 4 heteroatoms. The van der Waals surface area contributed by atoms with Gasteiger partial charge < -0.3 is 5.32 Å². The van der Waals surface area contributed by atoms with Gasteiger partial charge in [-0.05, 0) is 24.5 Å². The van der Waals surface area contributed by atoms with E-state index in [2.05, 4.69) is 17.3 Å². The van der Waals surface area contributed by atoms with E-state index in [1.54, 1.807) is 4.68 Å². The number of anilines is 1. The third-order valence-electron chi connectivity index (χ3n) is 3.18. The van der Waals surface area contributed by atoms with E-state index in [1.807, 2.05) is 30.3 Å². The zero-order chi connectivity index (χ0) is 11.8. The first kappa shape index (κ1) is 10.2. The number of nitrogens with one attached hydrogen (secondary N) is 2. The maximum atomic E-state index is 12.3. The fraction of sp³-hybridized carbons (Fsp3) is 0.308. The van der Waals surface area contributed by atoms with E-state index in [1.165, 1.54) is 0 Å². The number of para-hydroxylation sites is 1. The van der Waals surface area contributed by atoms with Crippen molar-refractivity contribution >= 4 is 5.82 Å². The van der Waals surface area contributed by atoms with Gasteiger partial charge in [0.25, 0.3) is 5.56 Å². The van der Waals surface area contributed by atoms with E-state index in [4.69, 9.17) is 0 Å². The topological polar surface area (TPSA) is 49.8 Å². The second-order valence-electron chi connectivity index (χ2n) is 4.63. The highest BCUT2D eigenvalue weighted by Gasteiger charge is 2.21. The van der Waals surface area contributed by atoms with E-state index in [0.717, 1.165) is 30.0 Å². The summed E-state index contributed by atoms with van der Waals surface area (Å²) in [5, 5.41) is 6.40. The Morgan fingerprint density at radius 1 is 1.29 bits per heavy atom. The van der Waals surface area contributed by atoms with Crippen molar-refractivity contribution in [1.29, 1.82) is 0 Å². The van der Waals surface area contributed by atoms with Gasteiger partial charge in [0.1, 0.15) is 5.82 Å². The molecule has 3 rings (SSSR count). The molecule has 1 aliphatic heterocycles. The van der Waals surface area contributed by atoms with Gasteiger partial charge in [-0.3, -0.25) is 9.89 Å². The van der Waals surface area contributed by atoms with Crippen molar-refractivity contribution in [2.45, 2.75) is 13.3 Å². The zero-order valence-electron chi connectivity index (χ0n) is 9.73. The Morgan fingerprint density at radius 3 is 2.82 bits per heavy atom. The van der Waals surface area contributed by atoms with Crippen molar-refractivity contribution in [3.63, 3.8) is 0 Å². The lowest BCUT2D eigenvalue weighted by Crippen LogP contribution is -2.24. The van der Waals surface area contributed by atoms with Gasteiger partial charge in [0.2, 0.25) is 0 Å². The standard InChI is InChI=1S/C13H15N3O/c1-9-7-11-12(14-8-9)15-16(13(11)17)10-5-3-2-4-6-10/h2-6,9,14-15H,7-8H2,1H3/t9-/m0/s1. The third-order valence-corrected chi connectivity index (χ3v) is 3.18. The summed E-state index contributed by atoms with van der Waals surface area (Å²) in [6.45, 7) is 3.07. The molecule has 2 aromatic rings. The number of nitrogens with zero attached hydrogens (tertiary/aromatic N) is 1. The van der Waals surface area contributed by atoms with Crippen LogP contribution in [0.3, 0.4) is 0 Å². The number of aromatic nitrogens is 2. The van der Waals surface area contributed by atoms with Gasteiger partial charge in [0.05, 0.1) is 11.3 Å². The molecule has 17 heavy (non-hydrogen) atoms. The number of benzene rings is 1. The molecule has 0 radical (unpaired) electrons. The minimum Gasteiger partial charge on any atom is -0.370 e. The second kappa shape index (κ2) is 3.80. The molecule has 1 atom stereocenters. The van der Waals surface area contributed by atoms with Crippen molar-refractivity contribution in [3.8, 4) is 5.69 Å². The second-order valence-corrected chi connectivity index (χ2v) is 4.63. The number of rotatable bonds is 1. The van der Waals surface area contributed by atoms with Crippen LogP contribution in [0.15, 0.2) is 35.1 Å². The number of hydrogen-bond donors (Lipinski definition) is 2. The lowest BCUT2D eigenvalue weighted by atomic mass is 10.00. The molecule has 0 unspecified atom stereocenters. The van der Waals surface area contributed by atoms with Crippen molar-refractivity contribution in [3.05, 3.63) is 46.2 Å². The van der Waals surface area contributed by atoms with Crippen molar-refractivity contribution in [1.82, 2.24) is 9.78 Å². The largest absolute Gasteiger partial charge is 0.370 e. The molecule has 0 bridgehead atoms. The highest BCUT2D eigenvalue weighted by molar-refractivity contribution is 5.47. The summed E-state index contributed by atoms with van der Waals surface area (Å²) in [7, 11) is 0. The van der Waals surface area contributed by atoms with Crippen LogP contribution in [0, 0.1) is 5.92 Å². The Bertz CT molecular complexity index is 582. The number of H-pyrrole nitrogens is 1. The summed E-state index contributed by atoms with van der Waals surface area (Å²) in [5.74, 6) is 1.38. The Morgan fingerprint density at radius 2 is 2.06 bits per heavy atom. The quantitative estimate of drug-likeness (QED) is 0.783. The molecular weight excluding hydrogens is 214 g/mol. The van der Waals surface area contributed by atoms with Gasteiger partial charge in [0.15, 0.2) is 0 Å². The number of hydrogen-bond acceptors (Lipinski definition) is 2. The lowest BCUT2D eigenvalue weighted by molar-refractivity contribution is 0.592. The SMILES string of the molecule is C[C@@H]1CNc2[nH]n(-c3ccccc3)c(=O)c2C1. The lowest BCUT2D eigenvalue weighted by Gasteiger charge is -2.18. The van der Waals surface area contributed by atoms with E-state index in [9.17, 15) is 4.79 Å². The minimum absolute atomic E-state index is 0.0604. The maximum Gasteiger partial charge on any atom is 0.276 e.